The normalized spacial score (nSPS) is 9.57. The first kappa shape index (κ1) is 10.9. The summed E-state index contributed by atoms with van der Waals surface area (Å²) in [4.78, 5) is 13.5. The van der Waals surface area contributed by atoms with Gasteiger partial charge in [-0.15, -0.1) is 0 Å². The van der Waals surface area contributed by atoms with Crippen LogP contribution in [-0.4, -0.2) is 13.2 Å². The Morgan fingerprint density at radius 2 is 2.29 bits per heavy atom. The van der Waals surface area contributed by atoms with Gasteiger partial charge in [-0.3, -0.25) is 0 Å². The number of carbonyl (C=O) groups excluding carboxylic acids is 1. The molecule has 0 unspecified atom stereocenters. The number of nitrogens with zero attached hydrogens (tertiary/aromatic N) is 1. The lowest BCUT2D eigenvalue weighted by Crippen LogP contribution is -1.94. The zero-order chi connectivity index (χ0) is 10.4. The number of hydrogen-bond acceptors (Lipinski definition) is 3. The first-order valence-electron chi connectivity index (χ1n) is 4.08. The summed E-state index contributed by atoms with van der Waals surface area (Å²) in [7, 11) is 1.60. The van der Waals surface area contributed by atoms with Crippen LogP contribution < -0.4 is 0 Å². The van der Waals surface area contributed by atoms with Gasteiger partial charge < -0.3 is 4.74 Å². The lowest BCUT2D eigenvalue weighted by atomic mass is 10.1. The molecule has 0 saturated carbocycles. The van der Waals surface area contributed by atoms with E-state index in [2.05, 4.69) is 4.99 Å². The summed E-state index contributed by atoms with van der Waals surface area (Å²) in [6.45, 7) is 0.781. The minimum absolute atomic E-state index is 0.319. The smallest absolute Gasteiger partial charge is 0.235 e. The largest absolute Gasteiger partial charge is 0.380 e. The molecule has 3 nitrogen and oxygen atoms in total. The van der Waals surface area contributed by atoms with Gasteiger partial charge in [0.15, 0.2) is 0 Å². The molecule has 0 aliphatic heterocycles. The Labute approximate surface area is 87.4 Å². The third-order valence-electron chi connectivity index (χ3n) is 1.78. The van der Waals surface area contributed by atoms with Gasteiger partial charge in [0.1, 0.15) is 0 Å². The summed E-state index contributed by atoms with van der Waals surface area (Å²) < 4.78 is 5.00. The third kappa shape index (κ3) is 2.96. The van der Waals surface area contributed by atoms with Crippen LogP contribution in [0.3, 0.4) is 0 Å². The van der Waals surface area contributed by atoms with Crippen molar-refractivity contribution in [3.8, 4) is 0 Å². The van der Waals surface area contributed by atoms with Gasteiger partial charge in [-0.05, 0) is 23.3 Å². The van der Waals surface area contributed by atoms with E-state index in [1.165, 1.54) is 6.08 Å². The fraction of sp³-hybridized carbons (Fsp3) is 0.300. The zero-order valence-electron chi connectivity index (χ0n) is 7.79. The molecule has 1 aromatic carbocycles. The van der Waals surface area contributed by atoms with Crippen LogP contribution in [0.25, 0.3) is 0 Å². The van der Waals surface area contributed by atoms with E-state index in [1.807, 2.05) is 6.07 Å². The molecule has 0 spiro atoms. The molecule has 0 heterocycles. The van der Waals surface area contributed by atoms with E-state index in [0.29, 0.717) is 18.2 Å². The van der Waals surface area contributed by atoms with Crippen molar-refractivity contribution in [1.82, 2.24) is 0 Å². The van der Waals surface area contributed by atoms with Crippen LogP contribution in [0.4, 0.5) is 0 Å². The summed E-state index contributed by atoms with van der Waals surface area (Å²) >= 11 is 5.82. The van der Waals surface area contributed by atoms with E-state index in [9.17, 15) is 4.79 Å². The number of isocyanates is 1. The Hall–Kier alpha value is -1.15. The van der Waals surface area contributed by atoms with Gasteiger partial charge in [-0.1, -0.05) is 17.7 Å². The molecule has 0 amide bonds. The van der Waals surface area contributed by atoms with Gasteiger partial charge in [0.2, 0.25) is 6.08 Å². The highest BCUT2D eigenvalue weighted by Gasteiger charge is 2.02. The summed E-state index contributed by atoms with van der Waals surface area (Å²) in [6, 6.07) is 5.40. The number of hydrogen-bond donors (Lipinski definition) is 0. The van der Waals surface area contributed by atoms with Crippen LogP contribution in [0.15, 0.2) is 23.2 Å². The third-order valence-corrected chi connectivity index (χ3v) is 2.02. The summed E-state index contributed by atoms with van der Waals surface area (Å²) in [5.74, 6) is 0. The fourth-order valence-electron chi connectivity index (χ4n) is 1.16. The number of halogens is 1. The lowest BCUT2D eigenvalue weighted by Gasteiger charge is -2.06. The van der Waals surface area contributed by atoms with Gasteiger partial charge >= 0.3 is 0 Å². The predicted octanol–water partition coefficient (Wildman–Crippen LogP) is 2.32. The van der Waals surface area contributed by atoms with E-state index in [4.69, 9.17) is 16.3 Å². The molecule has 0 N–H and O–H groups in total. The molecule has 0 atom stereocenters. The first-order chi connectivity index (χ1) is 6.77. The van der Waals surface area contributed by atoms with Crippen molar-refractivity contribution < 1.29 is 9.53 Å². The molecule has 4 heteroatoms. The van der Waals surface area contributed by atoms with Gasteiger partial charge in [-0.2, -0.15) is 0 Å². The van der Waals surface area contributed by atoms with Crippen LogP contribution in [0.2, 0.25) is 5.02 Å². The van der Waals surface area contributed by atoms with Crippen molar-refractivity contribution in [1.29, 1.82) is 0 Å². The number of aliphatic imine (C=N–C) groups is 1. The fourth-order valence-corrected chi connectivity index (χ4v) is 1.35. The molecule has 14 heavy (non-hydrogen) atoms. The molecule has 0 saturated heterocycles. The summed E-state index contributed by atoms with van der Waals surface area (Å²) in [5, 5.41) is 0.649. The standard InChI is InChI=1S/C10H10ClNO2/c1-14-6-9-4-10(11)3-2-8(9)5-12-7-13/h2-4H,5-6H2,1H3. The predicted molar refractivity (Wildman–Crippen MR) is 54.0 cm³/mol. The van der Waals surface area contributed by atoms with E-state index in [0.717, 1.165) is 11.1 Å². The molecular weight excluding hydrogens is 202 g/mol. The second-order valence-electron chi connectivity index (χ2n) is 2.75. The Morgan fingerprint density at radius 3 is 2.93 bits per heavy atom. The Morgan fingerprint density at radius 1 is 1.50 bits per heavy atom. The quantitative estimate of drug-likeness (QED) is 0.566. The van der Waals surface area contributed by atoms with E-state index < -0.39 is 0 Å². The van der Waals surface area contributed by atoms with Gasteiger partial charge in [-0.25, -0.2) is 9.79 Å². The lowest BCUT2D eigenvalue weighted by molar-refractivity contribution is 0.184. The molecule has 1 rings (SSSR count). The van der Waals surface area contributed by atoms with Crippen LogP contribution in [0.5, 0.6) is 0 Å². The molecule has 0 aromatic heterocycles. The monoisotopic (exact) mass is 211 g/mol. The van der Waals surface area contributed by atoms with Crippen LogP contribution in [0, 0.1) is 0 Å². The van der Waals surface area contributed by atoms with Gasteiger partial charge in [0.25, 0.3) is 0 Å². The first-order valence-corrected chi connectivity index (χ1v) is 4.45. The minimum Gasteiger partial charge on any atom is -0.380 e. The summed E-state index contributed by atoms with van der Waals surface area (Å²) in [5.41, 5.74) is 1.87. The number of rotatable bonds is 4. The summed E-state index contributed by atoms with van der Waals surface area (Å²) in [6.07, 6.45) is 1.50. The molecule has 0 aliphatic carbocycles. The average molecular weight is 212 g/mol. The Bertz CT molecular complexity index is 359. The molecule has 0 radical (unpaired) electrons. The minimum atomic E-state index is 0.319. The molecule has 0 aliphatic rings. The number of benzene rings is 1. The molecular formula is C10H10ClNO2. The van der Waals surface area contributed by atoms with Gasteiger partial charge in [0.05, 0.1) is 13.2 Å². The second kappa shape index (κ2) is 5.55. The highest BCUT2D eigenvalue weighted by atomic mass is 35.5. The van der Waals surface area contributed by atoms with Crippen molar-refractivity contribution in [2.75, 3.05) is 7.11 Å². The molecule has 0 bridgehead atoms. The van der Waals surface area contributed by atoms with Crippen molar-refractivity contribution in [2.24, 2.45) is 4.99 Å². The highest BCUT2D eigenvalue weighted by Crippen LogP contribution is 2.17. The van der Waals surface area contributed by atoms with Crippen LogP contribution >= 0.6 is 11.6 Å². The topological polar surface area (TPSA) is 38.7 Å². The van der Waals surface area contributed by atoms with Crippen molar-refractivity contribution in [3.05, 3.63) is 34.3 Å². The highest BCUT2D eigenvalue weighted by molar-refractivity contribution is 6.30. The van der Waals surface area contributed by atoms with E-state index in [-0.39, 0.29) is 0 Å². The Balaban J connectivity index is 2.94. The maximum Gasteiger partial charge on any atom is 0.235 e. The molecule has 0 fully saturated rings. The van der Waals surface area contributed by atoms with Crippen molar-refractivity contribution in [2.45, 2.75) is 13.2 Å². The number of methoxy groups -OCH3 is 1. The number of ether oxygens (including phenoxy) is 1. The molecule has 1 aromatic rings. The average Bonchev–Trinajstić information content (AvgIpc) is 2.17. The SMILES string of the molecule is COCc1cc(Cl)ccc1CN=C=O. The second-order valence-corrected chi connectivity index (χ2v) is 3.19. The molecule has 74 valence electrons. The van der Waals surface area contributed by atoms with Crippen LogP contribution in [0.1, 0.15) is 11.1 Å². The van der Waals surface area contributed by atoms with Gasteiger partial charge in [0, 0.05) is 12.1 Å². The maximum atomic E-state index is 9.97. The van der Waals surface area contributed by atoms with Crippen LogP contribution in [-0.2, 0) is 22.7 Å². The van der Waals surface area contributed by atoms with Crippen molar-refractivity contribution in [3.63, 3.8) is 0 Å². The zero-order valence-corrected chi connectivity index (χ0v) is 8.54. The maximum absolute atomic E-state index is 9.97. The van der Waals surface area contributed by atoms with E-state index in [1.54, 1.807) is 19.2 Å². The van der Waals surface area contributed by atoms with E-state index >= 15 is 0 Å². The van der Waals surface area contributed by atoms with Crippen molar-refractivity contribution >= 4 is 17.7 Å². The Kier molecular flexibility index (Phi) is 4.33.